The van der Waals surface area contributed by atoms with Gasteiger partial charge in [0.2, 0.25) is 0 Å². The summed E-state index contributed by atoms with van der Waals surface area (Å²) in [5.74, 6) is -0.00413. The molecule has 0 saturated carbocycles. The van der Waals surface area contributed by atoms with Crippen LogP contribution >= 0.6 is 0 Å². The number of rotatable bonds is 9. The van der Waals surface area contributed by atoms with Crippen molar-refractivity contribution in [3.63, 3.8) is 0 Å². The normalized spacial score (nSPS) is 10.8. The molecule has 20 heavy (non-hydrogen) atoms. The van der Waals surface area contributed by atoms with E-state index in [0.29, 0.717) is 6.54 Å². The van der Waals surface area contributed by atoms with Crippen LogP contribution in [0.5, 0.6) is 0 Å². The smallest absolute Gasteiger partial charge is 0.251 e. The lowest BCUT2D eigenvalue weighted by Gasteiger charge is -2.18. The first-order chi connectivity index (χ1) is 9.67. The van der Waals surface area contributed by atoms with Crippen molar-refractivity contribution < 1.29 is 4.79 Å². The molecule has 2 N–H and O–H groups in total. The Kier molecular flexibility index (Phi) is 7.92. The SMILES string of the molecule is CCN(CC)CCNCCNC(=O)c1ccc(C)cc1. The molecule has 0 aliphatic heterocycles. The highest BCUT2D eigenvalue weighted by Crippen LogP contribution is 2.02. The first-order valence-corrected chi connectivity index (χ1v) is 7.45. The maximum absolute atomic E-state index is 11.8. The van der Waals surface area contributed by atoms with Crippen LogP contribution in [-0.2, 0) is 0 Å². The number of nitrogens with one attached hydrogen (secondary N) is 2. The molecule has 1 aromatic carbocycles. The third-order valence-electron chi connectivity index (χ3n) is 3.40. The van der Waals surface area contributed by atoms with E-state index in [1.165, 1.54) is 5.56 Å². The average Bonchev–Trinajstić information content (AvgIpc) is 2.47. The number of hydrogen-bond acceptors (Lipinski definition) is 3. The molecule has 0 unspecified atom stereocenters. The summed E-state index contributed by atoms with van der Waals surface area (Å²) in [6.07, 6.45) is 0. The van der Waals surface area contributed by atoms with E-state index in [-0.39, 0.29) is 5.91 Å². The van der Waals surface area contributed by atoms with Gasteiger partial charge in [-0.1, -0.05) is 31.5 Å². The van der Waals surface area contributed by atoms with E-state index in [1.54, 1.807) is 0 Å². The van der Waals surface area contributed by atoms with Gasteiger partial charge in [-0.25, -0.2) is 0 Å². The van der Waals surface area contributed by atoms with Crippen molar-refractivity contribution in [3.8, 4) is 0 Å². The second kappa shape index (κ2) is 9.50. The largest absolute Gasteiger partial charge is 0.351 e. The molecule has 0 atom stereocenters. The van der Waals surface area contributed by atoms with Gasteiger partial charge in [-0.05, 0) is 32.1 Å². The standard InChI is InChI=1S/C16H27N3O/c1-4-19(5-2)13-12-17-10-11-18-16(20)15-8-6-14(3)7-9-15/h6-9,17H,4-5,10-13H2,1-3H3,(H,18,20). The van der Waals surface area contributed by atoms with Gasteiger partial charge in [-0.2, -0.15) is 0 Å². The molecular formula is C16H27N3O. The predicted molar refractivity (Wildman–Crippen MR) is 84.2 cm³/mol. The Morgan fingerprint density at radius 2 is 1.70 bits per heavy atom. The number of likely N-dealkylation sites (N-methyl/N-ethyl adjacent to an activating group) is 1. The van der Waals surface area contributed by atoms with Gasteiger partial charge in [0.1, 0.15) is 0 Å². The molecule has 0 fully saturated rings. The average molecular weight is 277 g/mol. The Balaban J connectivity index is 2.12. The van der Waals surface area contributed by atoms with Crippen molar-refractivity contribution in [3.05, 3.63) is 35.4 Å². The molecule has 1 aromatic rings. The van der Waals surface area contributed by atoms with Crippen molar-refractivity contribution in [2.24, 2.45) is 0 Å². The molecule has 0 bridgehead atoms. The summed E-state index contributed by atoms with van der Waals surface area (Å²) in [6, 6.07) is 7.63. The molecular weight excluding hydrogens is 250 g/mol. The number of amides is 1. The molecule has 112 valence electrons. The minimum Gasteiger partial charge on any atom is -0.351 e. The summed E-state index contributed by atoms with van der Waals surface area (Å²) in [5.41, 5.74) is 1.89. The lowest BCUT2D eigenvalue weighted by molar-refractivity contribution is 0.0954. The molecule has 0 saturated heterocycles. The number of benzene rings is 1. The number of aryl methyl sites for hydroxylation is 1. The monoisotopic (exact) mass is 277 g/mol. The van der Waals surface area contributed by atoms with Gasteiger partial charge in [0.05, 0.1) is 0 Å². The molecule has 1 amide bonds. The van der Waals surface area contributed by atoms with Crippen LogP contribution in [0.2, 0.25) is 0 Å². The molecule has 0 radical (unpaired) electrons. The summed E-state index contributed by atoms with van der Waals surface area (Å²) in [7, 11) is 0. The van der Waals surface area contributed by atoms with Crippen molar-refractivity contribution >= 4 is 5.91 Å². The molecule has 1 rings (SSSR count). The Morgan fingerprint density at radius 3 is 2.30 bits per heavy atom. The van der Waals surface area contributed by atoms with Crippen molar-refractivity contribution in [2.75, 3.05) is 39.3 Å². The van der Waals surface area contributed by atoms with Crippen LogP contribution in [0.25, 0.3) is 0 Å². The van der Waals surface area contributed by atoms with Crippen LogP contribution in [0.4, 0.5) is 0 Å². The zero-order valence-electron chi connectivity index (χ0n) is 12.9. The second-order valence-corrected chi connectivity index (χ2v) is 4.90. The van der Waals surface area contributed by atoms with Gasteiger partial charge in [0.25, 0.3) is 5.91 Å². The minimum absolute atomic E-state index is 0.00413. The molecule has 0 aromatic heterocycles. The van der Waals surface area contributed by atoms with Crippen LogP contribution in [0, 0.1) is 6.92 Å². The predicted octanol–water partition coefficient (Wildman–Crippen LogP) is 1.66. The molecule has 4 heteroatoms. The van der Waals surface area contributed by atoms with Gasteiger partial charge < -0.3 is 15.5 Å². The zero-order valence-corrected chi connectivity index (χ0v) is 12.9. The van der Waals surface area contributed by atoms with Crippen LogP contribution in [0.3, 0.4) is 0 Å². The van der Waals surface area contributed by atoms with E-state index in [9.17, 15) is 4.79 Å². The summed E-state index contributed by atoms with van der Waals surface area (Å²) < 4.78 is 0. The number of carbonyl (C=O) groups is 1. The summed E-state index contributed by atoms with van der Waals surface area (Å²) in [5, 5.41) is 6.26. The Morgan fingerprint density at radius 1 is 1.05 bits per heavy atom. The molecule has 0 spiro atoms. The van der Waals surface area contributed by atoms with Crippen molar-refractivity contribution in [1.82, 2.24) is 15.5 Å². The van der Waals surface area contributed by atoms with Gasteiger partial charge in [-0.15, -0.1) is 0 Å². The van der Waals surface area contributed by atoms with Crippen molar-refractivity contribution in [1.29, 1.82) is 0 Å². The maximum atomic E-state index is 11.8. The fraction of sp³-hybridized carbons (Fsp3) is 0.562. The number of hydrogen-bond donors (Lipinski definition) is 2. The summed E-state index contributed by atoms with van der Waals surface area (Å²) >= 11 is 0. The Hall–Kier alpha value is -1.39. The fourth-order valence-corrected chi connectivity index (χ4v) is 1.97. The molecule has 4 nitrogen and oxygen atoms in total. The summed E-state index contributed by atoms with van der Waals surface area (Å²) in [4.78, 5) is 14.2. The zero-order chi connectivity index (χ0) is 14.8. The van der Waals surface area contributed by atoms with Gasteiger partial charge in [0, 0.05) is 31.7 Å². The van der Waals surface area contributed by atoms with Gasteiger partial charge in [-0.3, -0.25) is 4.79 Å². The topological polar surface area (TPSA) is 44.4 Å². The van der Waals surface area contributed by atoms with E-state index in [2.05, 4.69) is 29.4 Å². The van der Waals surface area contributed by atoms with E-state index < -0.39 is 0 Å². The highest BCUT2D eigenvalue weighted by molar-refractivity contribution is 5.94. The Labute approximate surface area is 122 Å². The first kappa shape index (κ1) is 16.7. The fourth-order valence-electron chi connectivity index (χ4n) is 1.97. The van der Waals surface area contributed by atoms with Gasteiger partial charge in [0.15, 0.2) is 0 Å². The molecule has 0 aliphatic rings. The Bertz CT molecular complexity index is 385. The second-order valence-electron chi connectivity index (χ2n) is 4.90. The van der Waals surface area contributed by atoms with E-state index in [1.807, 2.05) is 31.2 Å². The number of nitrogens with zero attached hydrogens (tertiary/aromatic N) is 1. The van der Waals surface area contributed by atoms with Crippen LogP contribution in [0.1, 0.15) is 29.8 Å². The lowest BCUT2D eigenvalue weighted by atomic mass is 10.1. The third-order valence-corrected chi connectivity index (χ3v) is 3.40. The van der Waals surface area contributed by atoms with Crippen LogP contribution in [0.15, 0.2) is 24.3 Å². The minimum atomic E-state index is -0.00413. The highest BCUT2D eigenvalue weighted by Gasteiger charge is 2.03. The maximum Gasteiger partial charge on any atom is 0.251 e. The van der Waals surface area contributed by atoms with Crippen LogP contribution in [-0.4, -0.2) is 50.1 Å². The first-order valence-electron chi connectivity index (χ1n) is 7.45. The number of carbonyl (C=O) groups excluding carboxylic acids is 1. The van der Waals surface area contributed by atoms with Gasteiger partial charge >= 0.3 is 0 Å². The highest BCUT2D eigenvalue weighted by atomic mass is 16.1. The summed E-state index contributed by atoms with van der Waals surface area (Å²) in [6.45, 7) is 12.0. The lowest BCUT2D eigenvalue weighted by Crippen LogP contribution is -2.36. The van der Waals surface area contributed by atoms with E-state index in [4.69, 9.17) is 0 Å². The van der Waals surface area contributed by atoms with Crippen LogP contribution < -0.4 is 10.6 Å². The van der Waals surface area contributed by atoms with E-state index >= 15 is 0 Å². The molecule has 0 heterocycles. The third kappa shape index (κ3) is 6.17. The molecule has 0 aliphatic carbocycles. The quantitative estimate of drug-likeness (QED) is 0.675. The van der Waals surface area contributed by atoms with Crippen molar-refractivity contribution in [2.45, 2.75) is 20.8 Å². The van der Waals surface area contributed by atoms with E-state index in [0.717, 1.165) is 38.3 Å².